The largest absolute Gasteiger partial charge is 0.469 e. The van der Waals surface area contributed by atoms with E-state index in [0.29, 0.717) is 23.8 Å². The van der Waals surface area contributed by atoms with Gasteiger partial charge in [-0.2, -0.15) is 14.8 Å². The van der Waals surface area contributed by atoms with Gasteiger partial charge in [-0.25, -0.2) is 18.4 Å². The van der Waals surface area contributed by atoms with Crippen molar-refractivity contribution >= 4 is 11.2 Å². The molecule has 0 saturated carbocycles. The summed E-state index contributed by atoms with van der Waals surface area (Å²) in [5.41, 5.74) is 1.14. The predicted octanol–water partition coefficient (Wildman–Crippen LogP) is 3.58. The zero-order valence-corrected chi connectivity index (χ0v) is 17.1. The maximum absolute atomic E-state index is 14.3. The summed E-state index contributed by atoms with van der Waals surface area (Å²) in [5, 5.41) is 12.2. The monoisotopic (exact) mass is 413 g/mol. The summed E-state index contributed by atoms with van der Waals surface area (Å²) < 4.78 is 36.9. The van der Waals surface area contributed by atoms with Gasteiger partial charge >= 0.3 is 0 Å². The molecule has 0 spiro atoms. The first-order valence-corrected chi connectivity index (χ1v) is 9.49. The number of aromatic nitrogens is 7. The van der Waals surface area contributed by atoms with Crippen molar-refractivity contribution in [2.24, 2.45) is 0 Å². The Kier molecular flexibility index (Phi) is 4.92. The van der Waals surface area contributed by atoms with Gasteiger partial charge < -0.3 is 4.74 Å². The Hall–Kier alpha value is -3.43. The van der Waals surface area contributed by atoms with Crippen molar-refractivity contribution in [3.63, 3.8) is 0 Å². The van der Waals surface area contributed by atoms with Crippen molar-refractivity contribution in [3.05, 3.63) is 53.6 Å². The van der Waals surface area contributed by atoms with Gasteiger partial charge in [-0.05, 0) is 30.5 Å². The van der Waals surface area contributed by atoms with Gasteiger partial charge in [0.25, 0.3) is 0 Å². The second-order valence-corrected chi connectivity index (χ2v) is 7.81. The van der Waals surface area contributed by atoms with Crippen LogP contribution in [-0.4, -0.2) is 34.7 Å². The summed E-state index contributed by atoms with van der Waals surface area (Å²) in [7, 11) is 0. The molecule has 4 aromatic rings. The van der Waals surface area contributed by atoms with Gasteiger partial charge in [0.15, 0.2) is 11.5 Å². The highest BCUT2D eigenvalue weighted by molar-refractivity contribution is 5.74. The van der Waals surface area contributed by atoms with Crippen LogP contribution in [0.3, 0.4) is 0 Å². The molecule has 10 heteroatoms. The standard InChI is InChI=1S/C20H21F2N7O/c1-5-28-17(23-11-24-28)10-30-19-13(20(2,3)4)9-15-18(25-19)29(27-26-15)16-8-12(21)6-7-14(16)22/h6-9,11H,5,10H2,1-4H3. The van der Waals surface area contributed by atoms with Crippen LogP contribution in [0.2, 0.25) is 0 Å². The van der Waals surface area contributed by atoms with Gasteiger partial charge in [-0.3, -0.25) is 0 Å². The van der Waals surface area contributed by atoms with Gasteiger partial charge in [-0.1, -0.05) is 26.0 Å². The Balaban J connectivity index is 1.82. The number of hydrogen-bond acceptors (Lipinski definition) is 6. The maximum atomic E-state index is 14.3. The van der Waals surface area contributed by atoms with Gasteiger partial charge in [-0.15, -0.1) is 5.10 Å². The van der Waals surface area contributed by atoms with Gasteiger partial charge in [0.2, 0.25) is 5.88 Å². The number of halogens is 2. The first-order chi connectivity index (χ1) is 14.3. The minimum atomic E-state index is -0.636. The molecule has 3 heterocycles. The van der Waals surface area contributed by atoms with Crippen LogP contribution in [0.1, 0.15) is 39.1 Å². The highest BCUT2D eigenvalue weighted by atomic mass is 19.1. The number of fused-ring (bicyclic) bond motifs is 1. The fraction of sp³-hybridized carbons (Fsp3) is 0.350. The van der Waals surface area contributed by atoms with Crippen LogP contribution in [0.4, 0.5) is 8.78 Å². The van der Waals surface area contributed by atoms with E-state index in [0.717, 1.165) is 23.8 Å². The van der Waals surface area contributed by atoms with Crippen molar-refractivity contribution in [2.75, 3.05) is 0 Å². The average Bonchev–Trinajstić information content (AvgIpc) is 3.32. The molecular weight excluding hydrogens is 392 g/mol. The van der Waals surface area contributed by atoms with Gasteiger partial charge in [0.1, 0.15) is 35.8 Å². The summed E-state index contributed by atoms with van der Waals surface area (Å²) in [4.78, 5) is 8.78. The Morgan fingerprint density at radius 2 is 1.93 bits per heavy atom. The number of hydrogen-bond donors (Lipinski definition) is 0. The maximum Gasteiger partial charge on any atom is 0.219 e. The smallest absolute Gasteiger partial charge is 0.219 e. The van der Waals surface area contributed by atoms with E-state index in [9.17, 15) is 8.78 Å². The fourth-order valence-electron chi connectivity index (χ4n) is 3.10. The molecule has 0 atom stereocenters. The minimum absolute atomic E-state index is 0.0785. The van der Waals surface area contributed by atoms with E-state index in [1.165, 1.54) is 11.0 Å². The van der Waals surface area contributed by atoms with E-state index in [1.54, 1.807) is 4.68 Å². The third-order valence-corrected chi connectivity index (χ3v) is 4.67. The van der Waals surface area contributed by atoms with Crippen molar-refractivity contribution in [2.45, 2.75) is 46.3 Å². The molecule has 4 rings (SSSR count). The zero-order valence-electron chi connectivity index (χ0n) is 17.1. The summed E-state index contributed by atoms with van der Waals surface area (Å²) in [6.07, 6.45) is 1.47. The van der Waals surface area contributed by atoms with Crippen LogP contribution in [0, 0.1) is 11.6 Å². The highest BCUT2D eigenvalue weighted by Gasteiger charge is 2.24. The normalized spacial score (nSPS) is 11.9. The van der Waals surface area contributed by atoms with Crippen molar-refractivity contribution in [1.29, 1.82) is 0 Å². The number of aryl methyl sites for hydroxylation is 1. The van der Waals surface area contributed by atoms with Gasteiger partial charge in [0, 0.05) is 18.2 Å². The molecule has 30 heavy (non-hydrogen) atoms. The number of nitrogens with zero attached hydrogens (tertiary/aromatic N) is 7. The molecule has 8 nitrogen and oxygen atoms in total. The molecule has 0 unspecified atom stereocenters. The lowest BCUT2D eigenvalue weighted by molar-refractivity contribution is 0.269. The summed E-state index contributed by atoms with van der Waals surface area (Å²) >= 11 is 0. The number of benzene rings is 1. The van der Waals surface area contributed by atoms with E-state index in [4.69, 9.17) is 4.74 Å². The topological polar surface area (TPSA) is 83.5 Å². The summed E-state index contributed by atoms with van der Waals surface area (Å²) in [5.74, 6) is -0.219. The van der Waals surface area contributed by atoms with E-state index in [-0.39, 0.29) is 23.4 Å². The molecule has 0 aliphatic carbocycles. The second kappa shape index (κ2) is 7.43. The Morgan fingerprint density at radius 1 is 1.13 bits per heavy atom. The SMILES string of the molecule is CCn1ncnc1COc1nc2c(cc1C(C)(C)C)nnn2-c1cc(F)ccc1F. The molecule has 0 saturated heterocycles. The first-order valence-electron chi connectivity index (χ1n) is 9.49. The lowest BCUT2D eigenvalue weighted by Gasteiger charge is -2.21. The lowest BCUT2D eigenvalue weighted by atomic mass is 9.87. The van der Waals surface area contributed by atoms with E-state index < -0.39 is 11.6 Å². The molecule has 0 aliphatic heterocycles. The van der Waals surface area contributed by atoms with Crippen LogP contribution >= 0.6 is 0 Å². The second-order valence-electron chi connectivity index (χ2n) is 7.81. The summed E-state index contributed by atoms with van der Waals surface area (Å²) in [6.45, 7) is 8.84. The van der Waals surface area contributed by atoms with Crippen LogP contribution in [0.25, 0.3) is 16.9 Å². The first kappa shape index (κ1) is 19.9. The molecule has 0 N–H and O–H groups in total. The molecule has 0 fully saturated rings. The number of rotatable bonds is 5. The van der Waals surface area contributed by atoms with Crippen LogP contribution in [-0.2, 0) is 18.6 Å². The molecule has 0 bridgehead atoms. The van der Waals surface area contributed by atoms with E-state index in [1.807, 2.05) is 33.8 Å². The molecule has 3 aromatic heterocycles. The average molecular weight is 413 g/mol. The Bertz CT molecular complexity index is 1210. The molecular formula is C20H21F2N7O. The van der Waals surface area contributed by atoms with Gasteiger partial charge in [0.05, 0.1) is 0 Å². The zero-order chi connectivity index (χ0) is 21.5. The third kappa shape index (κ3) is 3.60. The fourth-order valence-corrected chi connectivity index (χ4v) is 3.10. The summed E-state index contributed by atoms with van der Waals surface area (Å²) in [6, 6.07) is 4.94. The molecule has 1 aromatic carbocycles. The van der Waals surface area contributed by atoms with Crippen molar-refractivity contribution in [3.8, 4) is 11.6 Å². The minimum Gasteiger partial charge on any atom is -0.469 e. The van der Waals surface area contributed by atoms with E-state index in [2.05, 4.69) is 25.4 Å². The van der Waals surface area contributed by atoms with Crippen molar-refractivity contribution < 1.29 is 13.5 Å². The van der Waals surface area contributed by atoms with Crippen LogP contribution < -0.4 is 4.74 Å². The number of ether oxygens (including phenoxy) is 1. The van der Waals surface area contributed by atoms with Crippen LogP contribution in [0.15, 0.2) is 30.6 Å². The number of pyridine rings is 1. The highest BCUT2D eigenvalue weighted by Crippen LogP contribution is 2.33. The lowest BCUT2D eigenvalue weighted by Crippen LogP contribution is -2.16. The Labute approximate surface area is 171 Å². The quantitative estimate of drug-likeness (QED) is 0.497. The van der Waals surface area contributed by atoms with Crippen molar-refractivity contribution in [1.82, 2.24) is 34.7 Å². The molecule has 156 valence electrons. The molecule has 0 aliphatic rings. The van der Waals surface area contributed by atoms with Crippen LogP contribution in [0.5, 0.6) is 5.88 Å². The molecule has 0 amide bonds. The van der Waals surface area contributed by atoms with E-state index >= 15 is 0 Å². The Morgan fingerprint density at radius 3 is 2.67 bits per heavy atom. The predicted molar refractivity (Wildman–Crippen MR) is 105 cm³/mol. The molecule has 0 radical (unpaired) electrons. The third-order valence-electron chi connectivity index (χ3n) is 4.67.